The van der Waals surface area contributed by atoms with Gasteiger partial charge in [0.1, 0.15) is 0 Å². The van der Waals surface area contributed by atoms with E-state index in [4.69, 9.17) is 5.11 Å². The van der Waals surface area contributed by atoms with Gasteiger partial charge in [0, 0.05) is 12.6 Å². The Bertz CT molecular complexity index is 111. The van der Waals surface area contributed by atoms with Gasteiger partial charge in [-0.15, -0.1) is 0 Å². The van der Waals surface area contributed by atoms with Crippen LogP contribution in [0.4, 0.5) is 0 Å². The highest BCUT2D eigenvalue weighted by molar-refractivity contribution is 4.71. The Hall–Kier alpha value is -0.0800. The van der Waals surface area contributed by atoms with Crippen LogP contribution in [-0.2, 0) is 0 Å². The normalized spacial score (nSPS) is 23.3. The number of nitrogens with one attached hydrogen (secondary N) is 1. The molecule has 13 heavy (non-hydrogen) atoms. The van der Waals surface area contributed by atoms with Crippen molar-refractivity contribution in [3.05, 3.63) is 0 Å². The largest absolute Gasteiger partial charge is 0.396 e. The summed E-state index contributed by atoms with van der Waals surface area (Å²) in [5.41, 5.74) is 0. The molecule has 2 N–H and O–H groups in total. The summed E-state index contributed by atoms with van der Waals surface area (Å²) in [7, 11) is 0. The molecule has 0 amide bonds. The van der Waals surface area contributed by atoms with Crippen molar-refractivity contribution in [2.24, 2.45) is 0 Å². The van der Waals surface area contributed by atoms with Crippen molar-refractivity contribution in [3.8, 4) is 0 Å². The van der Waals surface area contributed by atoms with E-state index in [1.165, 1.54) is 51.5 Å². The minimum absolute atomic E-state index is 0.363. The smallest absolute Gasteiger partial charge is 0.0431 e. The van der Waals surface area contributed by atoms with E-state index in [9.17, 15) is 0 Å². The Labute approximate surface area is 81.7 Å². The number of hydrogen-bond donors (Lipinski definition) is 2. The first-order chi connectivity index (χ1) is 6.43. The second-order valence-electron chi connectivity index (χ2n) is 4.07. The van der Waals surface area contributed by atoms with Crippen molar-refractivity contribution in [2.75, 3.05) is 13.2 Å². The van der Waals surface area contributed by atoms with E-state index in [1.54, 1.807) is 0 Å². The van der Waals surface area contributed by atoms with Crippen molar-refractivity contribution in [1.82, 2.24) is 5.32 Å². The molecule has 2 nitrogen and oxygen atoms in total. The lowest BCUT2D eigenvalue weighted by Crippen LogP contribution is -2.33. The predicted molar refractivity (Wildman–Crippen MR) is 55.8 cm³/mol. The molecule has 1 aliphatic rings. The van der Waals surface area contributed by atoms with E-state index in [0.29, 0.717) is 6.61 Å². The number of rotatable bonds is 6. The third-order valence-electron chi connectivity index (χ3n) is 2.87. The molecule has 1 atom stereocenters. The van der Waals surface area contributed by atoms with Crippen LogP contribution in [0.2, 0.25) is 0 Å². The topological polar surface area (TPSA) is 32.3 Å². The first-order valence-electron chi connectivity index (χ1n) is 5.77. The third kappa shape index (κ3) is 5.27. The number of aliphatic hydroxyl groups excluding tert-OH is 1. The molecular formula is C11H23NO. The molecule has 0 aliphatic carbocycles. The van der Waals surface area contributed by atoms with Gasteiger partial charge in [0.25, 0.3) is 0 Å². The fourth-order valence-electron chi connectivity index (χ4n) is 2.03. The molecule has 0 aromatic heterocycles. The highest BCUT2D eigenvalue weighted by Gasteiger charge is 2.10. The quantitative estimate of drug-likeness (QED) is 0.621. The predicted octanol–water partition coefficient (Wildman–Crippen LogP) is 2.07. The molecule has 0 aromatic rings. The number of hydrogen-bond acceptors (Lipinski definition) is 2. The summed E-state index contributed by atoms with van der Waals surface area (Å²) in [6.07, 6.45) is 10.3. The molecule has 0 saturated carbocycles. The van der Waals surface area contributed by atoms with Crippen LogP contribution in [0.25, 0.3) is 0 Å². The lowest BCUT2D eigenvalue weighted by molar-refractivity contribution is 0.281. The minimum Gasteiger partial charge on any atom is -0.396 e. The van der Waals surface area contributed by atoms with Crippen LogP contribution in [0.5, 0.6) is 0 Å². The Morgan fingerprint density at radius 3 is 2.62 bits per heavy atom. The van der Waals surface area contributed by atoms with Crippen molar-refractivity contribution < 1.29 is 5.11 Å². The van der Waals surface area contributed by atoms with E-state index >= 15 is 0 Å². The summed E-state index contributed by atoms with van der Waals surface area (Å²) in [6.45, 7) is 1.59. The van der Waals surface area contributed by atoms with E-state index in [-0.39, 0.29) is 0 Å². The maximum Gasteiger partial charge on any atom is 0.0431 e. The molecule has 1 aliphatic heterocycles. The molecule has 1 rings (SSSR count). The lowest BCUT2D eigenvalue weighted by atomic mass is 9.99. The first-order valence-corrected chi connectivity index (χ1v) is 5.77. The summed E-state index contributed by atoms with van der Waals surface area (Å²) in [4.78, 5) is 0. The van der Waals surface area contributed by atoms with Crippen LogP contribution in [0, 0.1) is 0 Å². The molecule has 2 heteroatoms. The number of piperidine rings is 1. The summed E-state index contributed by atoms with van der Waals surface area (Å²) in [5, 5.41) is 12.2. The molecule has 0 radical (unpaired) electrons. The van der Waals surface area contributed by atoms with Gasteiger partial charge in [0.15, 0.2) is 0 Å². The number of unbranched alkanes of at least 4 members (excludes halogenated alkanes) is 3. The average Bonchev–Trinajstić information content (AvgIpc) is 2.19. The maximum absolute atomic E-state index is 8.60. The van der Waals surface area contributed by atoms with Crippen molar-refractivity contribution in [3.63, 3.8) is 0 Å². The van der Waals surface area contributed by atoms with Crippen molar-refractivity contribution >= 4 is 0 Å². The second kappa shape index (κ2) is 7.34. The molecule has 1 fully saturated rings. The van der Waals surface area contributed by atoms with Crippen molar-refractivity contribution in [1.29, 1.82) is 0 Å². The van der Waals surface area contributed by atoms with Crippen LogP contribution in [0.15, 0.2) is 0 Å². The Morgan fingerprint density at radius 1 is 1.08 bits per heavy atom. The van der Waals surface area contributed by atoms with Gasteiger partial charge in [0.2, 0.25) is 0 Å². The molecule has 1 saturated heterocycles. The fourth-order valence-corrected chi connectivity index (χ4v) is 2.03. The van der Waals surface area contributed by atoms with Gasteiger partial charge in [-0.3, -0.25) is 0 Å². The standard InChI is InChI=1S/C11H23NO/c13-10-6-2-1-3-7-11-8-4-5-9-12-11/h11-13H,1-10H2/t11-/m1/s1. The van der Waals surface area contributed by atoms with Gasteiger partial charge in [-0.05, 0) is 32.2 Å². The van der Waals surface area contributed by atoms with E-state index in [1.807, 2.05) is 0 Å². The van der Waals surface area contributed by atoms with Gasteiger partial charge >= 0.3 is 0 Å². The van der Waals surface area contributed by atoms with Gasteiger partial charge in [-0.1, -0.05) is 25.7 Å². The molecule has 0 aromatic carbocycles. The monoisotopic (exact) mass is 185 g/mol. The zero-order valence-corrected chi connectivity index (χ0v) is 8.60. The summed E-state index contributed by atoms with van der Waals surface area (Å²) in [6, 6.07) is 0.794. The molecule has 0 unspecified atom stereocenters. The molecule has 78 valence electrons. The highest BCUT2D eigenvalue weighted by Crippen LogP contribution is 2.13. The Balaban J connectivity index is 1.86. The average molecular weight is 185 g/mol. The van der Waals surface area contributed by atoms with Crippen LogP contribution in [0.1, 0.15) is 51.4 Å². The van der Waals surface area contributed by atoms with Crippen molar-refractivity contribution in [2.45, 2.75) is 57.4 Å². The van der Waals surface area contributed by atoms with Crippen LogP contribution in [-0.4, -0.2) is 24.3 Å². The fraction of sp³-hybridized carbons (Fsp3) is 1.00. The first kappa shape index (κ1) is 11.0. The second-order valence-corrected chi connectivity index (χ2v) is 4.07. The van der Waals surface area contributed by atoms with Crippen LogP contribution < -0.4 is 5.32 Å². The zero-order chi connectivity index (χ0) is 9.36. The van der Waals surface area contributed by atoms with Gasteiger partial charge in [0.05, 0.1) is 0 Å². The van der Waals surface area contributed by atoms with Gasteiger partial charge < -0.3 is 10.4 Å². The maximum atomic E-state index is 8.60. The Morgan fingerprint density at radius 2 is 1.92 bits per heavy atom. The van der Waals surface area contributed by atoms with Gasteiger partial charge in [-0.2, -0.15) is 0 Å². The molecule has 0 spiro atoms. The summed E-state index contributed by atoms with van der Waals surface area (Å²) >= 11 is 0. The SMILES string of the molecule is OCCCCCC[C@@H]1CCCCN1. The lowest BCUT2D eigenvalue weighted by Gasteiger charge is -2.23. The summed E-state index contributed by atoms with van der Waals surface area (Å²) in [5.74, 6) is 0. The molecular weight excluding hydrogens is 162 g/mol. The minimum atomic E-state index is 0.363. The van der Waals surface area contributed by atoms with E-state index in [2.05, 4.69) is 5.32 Å². The molecule has 1 heterocycles. The summed E-state index contributed by atoms with van der Waals surface area (Å²) < 4.78 is 0. The van der Waals surface area contributed by atoms with Crippen LogP contribution in [0.3, 0.4) is 0 Å². The highest BCUT2D eigenvalue weighted by atomic mass is 16.2. The third-order valence-corrected chi connectivity index (χ3v) is 2.87. The zero-order valence-electron chi connectivity index (χ0n) is 8.60. The van der Waals surface area contributed by atoms with E-state index in [0.717, 1.165) is 12.5 Å². The number of aliphatic hydroxyl groups is 1. The van der Waals surface area contributed by atoms with Crippen LogP contribution >= 0.6 is 0 Å². The Kier molecular flexibility index (Phi) is 6.21. The molecule has 0 bridgehead atoms. The van der Waals surface area contributed by atoms with Gasteiger partial charge in [-0.25, -0.2) is 0 Å². The van der Waals surface area contributed by atoms with E-state index < -0.39 is 0 Å².